The minimum absolute atomic E-state index is 0.108. The molecule has 110 valence electrons. The SMILES string of the molecule is CC1(C)OB(c2cc(C(F)(F)F)ncc2N)OC1(C)C. The zero-order chi connectivity index (χ0) is 15.3. The van der Waals surface area contributed by atoms with E-state index in [0.717, 1.165) is 12.3 Å². The van der Waals surface area contributed by atoms with Crippen LogP contribution in [0.4, 0.5) is 18.9 Å². The van der Waals surface area contributed by atoms with E-state index in [2.05, 4.69) is 4.98 Å². The Morgan fingerprint density at radius 3 is 2.10 bits per heavy atom. The van der Waals surface area contributed by atoms with Gasteiger partial charge in [-0.25, -0.2) is 4.98 Å². The van der Waals surface area contributed by atoms with Crippen molar-refractivity contribution < 1.29 is 22.5 Å². The highest BCUT2D eigenvalue weighted by Gasteiger charge is 2.52. The first-order valence-electron chi connectivity index (χ1n) is 6.12. The molecule has 1 aromatic rings. The van der Waals surface area contributed by atoms with Crippen molar-refractivity contribution in [3.63, 3.8) is 0 Å². The summed E-state index contributed by atoms with van der Waals surface area (Å²) in [4.78, 5) is 3.29. The second-order valence-corrected chi connectivity index (χ2v) is 5.78. The van der Waals surface area contributed by atoms with Crippen LogP contribution >= 0.6 is 0 Å². The van der Waals surface area contributed by atoms with Gasteiger partial charge in [-0.2, -0.15) is 13.2 Å². The van der Waals surface area contributed by atoms with E-state index in [1.165, 1.54) is 0 Å². The largest absolute Gasteiger partial charge is 0.497 e. The number of alkyl halides is 3. The van der Waals surface area contributed by atoms with Crippen molar-refractivity contribution >= 4 is 18.3 Å². The predicted octanol–water partition coefficient (Wildman–Crippen LogP) is 1.98. The molecule has 8 heteroatoms. The molecule has 1 aromatic heterocycles. The second-order valence-electron chi connectivity index (χ2n) is 5.78. The van der Waals surface area contributed by atoms with Crippen molar-refractivity contribution in [1.29, 1.82) is 0 Å². The molecule has 1 aliphatic heterocycles. The maximum atomic E-state index is 12.7. The van der Waals surface area contributed by atoms with Crippen molar-refractivity contribution in [2.45, 2.75) is 45.1 Å². The van der Waals surface area contributed by atoms with Crippen LogP contribution in [-0.4, -0.2) is 23.3 Å². The van der Waals surface area contributed by atoms with Gasteiger partial charge in [-0.1, -0.05) is 0 Å². The molecule has 0 saturated carbocycles. The average Bonchev–Trinajstić information content (AvgIpc) is 2.46. The minimum Gasteiger partial charge on any atom is -0.399 e. The molecule has 1 saturated heterocycles. The van der Waals surface area contributed by atoms with E-state index in [-0.39, 0.29) is 11.2 Å². The molecule has 0 aliphatic carbocycles. The summed E-state index contributed by atoms with van der Waals surface area (Å²) in [5, 5.41) is 0. The number of hydrogen-bond acceptors (Lipinski definition) is 4. The first kappa shape index (κ1) is 15.1. The highest BCUT2D eigenvalue weighted by molar-refractivity contribution is 6.63. The molecular formula is C12H16BF3N2O2. The Labute approximate surface area is 115 Å². The Balaban J connectivity index is 2.40. The number of nitrogens with zero attached hydrogens (tertiary/aromatic N) is 1. The van der Waals surface area contributed by atoms with Gasteiger partial charge >= 0.3 is 13.3 Å². The predicted molar refractivity (Wildman–Crippen MR) is 69.4 cm³/mol. The number of halogens is 3. The fourth-order valence-electron chi connectivity index (χ4n) is 1.81. The van der Waals surface area contributed by atoms with Crippen molar-refractivity contribution in [2.75, 3.05) is 5.73 Å². The molecule has 2 rings (SSSR count). The summed E-state index contributed by atoms with van der Waals surface area (Å²) < 4.78 is 49.5. The van der Waals surface area contributed by atoms with E-state index in [0.29, 0.717) is 0 Å². The third-order valence-electron chi connectivity index (χ3n) is 3.77. The smallest absolute Gasteiger partial charge is 0.399 e. The number of hydrogen-bond donors (Lipinski definition) is 1. The number of rotatable bonds is 1. The monoisotopic (exact) mass is 288 g/mol. The summed E-state index contributed by atoms with van der Waals surface area (Å²) in [5.41, 5.74) is 3.64. The lowest BCUT2D eigenvalue weighted by atomic mass is 9.78. The van der Waals surface area contributed by atoms with Gasteiger partial charge in [0.15, 0.2) is 0 Å². The summed E-state index contributed by atoms with van der Waals surface area (Å²) in [6, 6.07) is 0.872. The van der Waals surface area contributed by atoms with Gasteiger partial charge in [-0.15, -0.1) is 0 Å². The van der Waals surface area contributed by atoms with Gasteiger partial charge in [0.25, 0.3) is 0 Å². The number of anilines is 1. The Morgan fingerprint density at radius 2 is 1.65 bits per heavy atom. The van der Waals surface area contributed by atoms with Crippen LogP contribution in [0.3, 0.4) is 0 Å². The number of aromatic nitrogens is 1. The number of nitrogens with two attached hydrogens (primary N) is 1. The minimum atomic E-state index is -4.54. The highest BCUT2D eigenvalue weighted by Crippen LogP contribution is 2.37. The van der Waals surface area contributed by atoms with E-state index in [4.69, 9.17) is 15.0 Å². The maximum Gasteiger partial charge on any atom is 0.497 e. The topological polar surface area (TPSA) is 57.4 Å². The molecule has 2 heterocycles. The third kappa shape index (κ3) is 2.49. The summed E-state index contributed by atoms with van der Waals surface area (Å²) >= 11 is 0. The lowest BCUT2D eigenvalue weighted by Crippen LogP contribution is -2.41. The highest BCUT2D eigenvalue weighted by atomic mass is 19.4. The van der Waals surface area contributed by atoms with Crippen molar-refractivity contribution in [2.24, 2.45) is 0 Å². The first-order valence-corrected chi connectivity index (χ1v) is 6.12. The molecule has 2 N–H and O–H groups in total. The molecule has 0 spiro atoms. The Morgan fingerprint density at radius 1 is 1.15 bits per heavy atom. The van der Waals surface area contributed by atoms with Gasteiger partial charge < -0.3 is 15.0 Å². The van der Waals surface area contributed by atoms with Gasteiger partial charge in [0.05, 0.1) is 17.4 Å². The molecular weight excluding hydrogens is 272 g/mol. The molecule has 0 radical (unpaired) electrons. The van der Waals surface area contributed by atoms with E-state index in [1.54, 1.807) is 0 Å². The van der Waals surface area contributed by atoms with Gasteiger partial charge in [0.1, 0.15) is 5.69 Å². The van der Waals surface area contributed by atoms with Crippen LogP contribution in [0.15, 0.2) is 12.3 Å². The number of pyridine rings is 1. The lowest BCUT2D eigenvalue weighted by Gasteiger charge is -2.32. The van der Waals surface area contributed by atoms with Crippen LogP contribution in [0, 0.1) is 0 Å². The normalized spacial score (nSPS) is 21.2. The summed E-state index contributed by atoms with van der Waals surface area (Å²) in [7, 11) is -0.941. The summed E-state index contributed by atoms with van der Waals surface area (Å²) in [6.45, 7) is 7.26. The van der Waals surface area contributed by atoms with Crippen LogP contribution in [0.2, 0.25) is 0 Å². The third-order valence-corrected chi connectivity index (χ3v) is 3.77. The van der Waals surface area contributed by atoms with E-state index in [9.17, 15) is 13.2 Å². The van der Waals surface area contributed by atoms with Crippen molar-refractivity contribution in [3.05, 3.63) is 18.0 Å². The van der Waals surface area contributed by atoms with E-state index in [1.807, 2.05) is 27.7 Å². The Hall–Kier alpha value is -1.28. The van der Waals surface area contributed by atoms with Gasteiger partial charge in [-0.3, -0.25) is 0 Å². The van der Waals surface area contributed by atoms with Crippen LogP contribution < -0.4 is 11.2 Å². The Kier molecular flexibility index (Phi) is 3.30. The molecule has 0 amide bonds. The lowest BCUT2D eigenvalue weighted by molar-refractivity contribution is -0.141. The van der Waals surface area contributed by atoms with Crippen molar-refractivity contribution in [1.82, 2.24) is 4.98 Å². The molecule has 0 unspecified atom stereocenters. The first-order chi connectivity index (χ1) is 8.94. The quantitative estimate of drug-likeness (QED) is 0.803. The summed E-state index contributed by atoms with van der Waals surface area (Å²) in [6.07, 6.45) is -3.56. The standard InChI is InChI=1S/C12H16BF3N2O2/c1-10(2)11(3,4)20-13(19-10)7-5-9(12(14,15)16)18-6-8(7)17/h5-6H,17H2,1-4H3. The average molecular weight is 288 g/mol. The van der Waals surface area contributed by atoms with Crippen LogP contribution in [0.25, 0.3) is 0 Å². The molecule has 4 nitrogen and oxygen atoms in total. The zero-order valence-corrected chi connectivity index (χ0v) is 11.7. The van der Waals surface area contributed by atoms with Crippen LogP contribution in [-0.2, 0) is 15.5 Å². The fraction of sp³-hybridized carbons (Fsp3) is 0.583. The van der Waals surface area contributed by atoms with Crippen molar-refractivity contribution in [3.8, 4) is 0 Å². The van der Waals surface area contributed by atoms with Crippen LogP contribution in [0.1, 0.15) is 33.4 Å². The second kappa shape index (κ2) is 4.36. The molecule has 1 fully saturated rings. The molecule has 0 aromatic carbocycles. The van der Waals surface area contributed by atoms with E-state index < -0.39 is 30.2 Å². The van der Waals surface area contributed by atoms with Gasteiger partial charge in [-0.05, 0) is 33.8 Å². The number of nitrogen functional groups attached to an aromatic ring is 1. The molecule has 1 aliphatic rings. The summed E-state index contributed by atoms with van der Waals surface area (Å²) in [5.74, 6) is 0. The molecule has 0 bridgehead atoms. The Bertz CT molecular complexity index is 516. The molecule has 0 atom stereocenters. The van der Waals surface area contributed by atoms with Gasteiger partial charge in [0, 0.05) is 11.2 Å². The molecule has 20 heavy (non-hydrogen) atoms. The van der Waals surface area contributed by atoms with E-state index >= 15 is 0 Å². The zero-order valence-electron chi connectivity index (χ0n) is 11.7. The maximum absolute atomic E-state index is 12.7. The fourth-order valence-corrected chi connectivity index (χ4v) is 1.81. The van der Waals surface area contributed by atoms with Crippen LogP contribution in [0.5, 0.6) is 0 Å². The van der Waals surface area contributed by atoms with Gasteiger partial charge in [0.2, 0.25) is 0 Å².